The van der Waals surface area contributed by atoms with Gasteiger partial charge in [0, 0.05) is 43.4 Å². The lowest BCUT2D eigenvalue weighted by Crippen LogP contribution is -2.47. The topological polar surface area (TPSA) is 35.6 Å². The number of hydrogen-bond acceptors (Lipinski definition) is 3. The van der Waals surface area contributed by atoms with Gasteiger partial charge < -0.3 is 10.2 Å². The zero-order valence-electron chi connectivity index (χ0n) is 16.0. The quantitative estimate of drug-likeness (QED) is 0.741. The van der Waals surface area contributed by atoms with Gasteiger partial charge in [-0.25, -0.2) is 0 Å². The van der Waals surface area contributed by atoms with Gasteiger partial charge in [0.25, 0.3) is 0 Å². The SMILES string of the molecule is Cc1cccc(N2CCN(CCCNC(=O)Cc3ccccc3Cl)CC2)c1. The molecule has 4 nitrogen and oxygen atoms in total. The van der Waals surface area contributed by atoms with Crippen molar-refractivity contribution in [3.05, 3.63) is 64.7 Å². The van der Waals surface area contributed by atoms with E-state index in [1.165, 1.54) is 11.3 Å². The number of hydrogen-bond donors (Lipinski definition) is 1. The van der Waals surface area contributed by atoms with E-state index < -0.39 is 0 Å². The number of carbonyl (C=O) groups excluding carboxylic acids is 1. The normalized spacial score (nSPS) is 15.0. The Hall–Kier alpha value is -2.04. The third-order valence-corrected chi connectivity index (χ3v) is 5.39. The Morgan fingerprint density at radius 2 is 1.85 bits per heavy atom. The number of rotatable bonds is 7. The molecule has 1 saturated heterocycles. The van der Waals surface area contributed by atoms with Crippen molar-refractivity contribution < 1.29 is 4.79 Å². The maximum absolute atomic E-state index is 12.1. The van der Waals surface area contributed by atoms with Crippen LogP contribution in [-0.2, 0) is 11.2 Å². The van der Waals surface area contributed by atoms with Gasteiger partial charge in [-0.15, -0.1) is 0 Å². The predicted octanol–water partition coefficient (Wildman–Crippen LogP) is 3.52. The molecule has 0 radical (unpaired) electrons. The van der Waals surface area contributed by atoms with Gasteiger partial charge in [0.05, 0.1) is 6.42 Å². The highest BCUT2D eigenvalue weighted by molar-refractivity contribution is 6.31. The first-order chi connectivity index (χ1) is 13.1. The fourth-order valence-electron chi connectivity index (χ4n) is 3.46. The minimum Gasteiger partial charge on any atom is -0.369 e. The van der Waals surface area contributed by atoms with Gasteiger partial charge in [-0.2, -0.15) is 0 Å². The Morgan fingerprint density at radius 3 is 2.59 bits per heavy atom. The molecule has 3 rings (SSSR count). The first-order valence-corrected chi connectivity index (χ1v) is 10.0. The molecule has 5 heteroatoms. The second kappa shape index (κ2) is 9.77. The minimum atomic E-state index is 0.0346. The van der Waals surface area contributed by atoms with Crippen molar-refractivity contribution in [3.63, 3.8) is 0 Å². The van der Waals surface area contributed by atoms with Crippen LogP contribution in [0.5, 0.6) is 0 Å². The molecule has 0 atom stereocenters. The van der Waals surface area contributed by atoms with Crippen molar-refractivity contribution in [2.24, 2.45) is 0 Å². The van der Waals surface area contributed by atoms with Crippen LogP contribution in [0.25, 0.3) is 0 Å². The number of anilines is 1. The van der Waals surface area contributed by atoms with Gasteiger partial charge in [0.1, 0.15) is 0 Å². The van der Waals surface area contributed by atoms with Crippen molar-refractivity contribution in [2.45, 2.75) is 19.8 Å². The molecule has 1 amide bonds. The van der Waals surface area contributed by atoms with Crippen molar-refractivity contribution in [2.75, 3.05) is 44.2 Å². The molecule has 1 N–H and O–H groups in total. The highest BCUT2D eigenvalue weighted by Crippen LogP contribution is 2.18. The van der Waals surface area contributed by atoms with E-state index >= 15 is 0 Å². The number of benzene rings is 2. The van der Waals surface area contributed by atoms with Crippen LogP contribution in [0.4, 0.5) is 5.69 Å². The Balaban J connectivity index is 1.32. The van der Waals surface area contributed by atoms with E-state index in [0.717, 1.165) is 44.7 Å². The smallest absolute Gasteiger partial charge is 0.224 e. The second-order valence-corrected chi connectivity index (χ2v) is 7.55. The van der Waals surface area contributed by atoms with Crippen LogP contribution >= 0.6 is 11.6 Å². The van der Waals surface area contributed by atoms with Crippen LogP contribution in [0.2, 0.25) is 5.02 Å². The van der Waals surface area contributed by atoms with Crippen molar-refractivity contribution in [1.29, 1.82) is 0 Å². The maximum Gasteiger partial charge on any atom is 0.224 e. The lowest BCUT2D eigenvalue weighted by atomic mass is 10.1. The Morgan fingerprint density at radius 1 is 1.07 bits per heavy atom. The lowest BCUT2D eigenvalue weighted by molar-refractivity contribution is -0.120. The second-order valence-electron chi connectivity index (χ2n) is 7.14. The molecule has 1 aliphatic rings. The monoisotopic (exact) mass is 385 g/mol. The van der Waals surface area contributed by atoms with E-state index in [1.54, 1.807) is 0 Å². The summed E-state index contributed by atoms with van der Waals surface area (Å²) in [6.07, 6.45) is 1.31. The Bertz CT molecular complexity index is 757. The summed E-state index contributed by atoms with van der Waals surface area (Å²) in [5, 5.41) is 3.66. The number of piperazine rings is 1. The van der Waals surface area contributed by atoms with Crippen LogP contribution in [0, 0.1) is 6.92 Å². The number of carbonyl (C=O) groups is 1. The van der Waals surface area contributed by atoms with Gasteiger partial charge in [-0.1, -0.05) is 41.9 Å². The standard InChI is InChI=1S/C22H28ClN3O/c1-18-6-4-8-20(16-18)26-14-12-25(13-15-26)11-5-10-24-22(27)17-19-7-2-3-9-21(19)23/h2-4,6-9,16H,5,10-15,17H2,1H3,(H,24,27). The Labute approximate surface area is 167 Å². The third kappa shape index (κ3) is 5.98. The molecule has 0 aliphatic carbocycles. The summed E-state index contributed by atoms with van der Waals surface area (Å²) in [5.74, 6) is 0.0346. The number of nitrogens with one attached hydrogen (secondary N) is 1. The highest BCUT2D eigenvalue weighted by Gasteiger charge is 2.16. The molecule has 0 spiro atoms. The molecular formula is C22H28ClN3O. The van der Waals surface area contributed by atoms with E-state index in [0.29, 0.717) is 18.0 Å². The first kappa shape index (κ1) is 19.7. The fraction of sp³-hybridized carbons (Fsp3) is 0.409. The summed E-state index contributed by atoms with van der Waals surface area (Å²) in [6.45, 7) is 8.13. The van der Waals surface area contributed by atoms with E-state index in [9.17, 15) is 4.79 Å². The van der Waals surface area contributed by atoms with Crippen LogP contribution < -0.4 is 10.2 Å². The summed E-state index contributed by atoms with van der Waals surface area (Å²) in [7, 11) is 0. The lowest BCUT2D eigenvalue weighted by Gasteiger charge is -2.36. The number of halogens is 1. The zero-order valence-corrected chi connectivity index (χ0v) is 16.7. The predicted molar refractivity (Wildman–Crippen MR) is 113 cm³/mol. The average Bonchev–Trinajstić information content (AvgIpc) is 2.68. The van der Waals surface area contributed by atoms with Crippen LogP contribution in [-0.4, -0.2) is 50.1 Å². The van der Waals surface area contributed by atoms with Gasteiger partial charge in [0.15, 0.2) is 0 Å². The summed E-state index contributed by atoms with van der Waals surface area (Å²) in [5.41, 5.74) is 3.51. The van der Waals surface area contributed by atoms with E-state index in [2.05, 4.69) is 46.3 Å². The summed E-state index contributed by atoms with van der Waals surface area (Å²) < 4.78 is 0. The number of amides is 1. The molecule has 27 heavy (non-hydrogen) atoms. The van der Waals surface area contributed by atoms with Gasteiger partial charge in [0.2, 0.25) is 5.91 Å². The summed E-state index contributed by atoms with van der Waals surface area (Å²) in [4.78, 5) is 17.0. The van der Waals surface area contributed by atoms with Gasteiger partial charge in [-0.05, 0) is 49.2 Å². The van der Waals surface area contributed by atoms with Gasteiger partial charge >= 0.3 is 0 Å². The van der Waals surface area contributed by atoms with Crippen LogP contribution in [0.3, 0.4) is 0 Å². The van der Waals surface area contributed by atoms with Crippen LogP contribution in [0.15, 0.2) is 48.5 Å². The largest absolute Gasteiger partial charge is 0.369 e. The van der Waals surface area contributed by atoms with Crippen molar-refractivity contribution in [3.8, 4) is 0 Å². The summed E-state index contributed by atoms with van der Waals surface area (Å²) in [6, 6.07) is 16.2. The van der Waals surface area contributed by atoms with Crippen molar-refractivity contribution in [1.82, 2.24) is 10.2 Å². The maximum atomic E-state index is 12.1. The molecule has 2 aromatic carbocycles. The van der Waals surface area contributed by atoms with E-state index in [-0.39, 0.29) is 5.91 Å². The molecule has 0 saturated carbocycles. The fourth-order valence-corrected chi connectivity index (χ4v) is 3.66. The molecule has 144 valence electrons. The number of nitrogens with zero attached hydrogens (tertiary/aromatic N) is 2. The van der Waals surface area contributed by atoms with E-state index in [4.69, 9.17) is 11.6 Å². The first-order valence-electron chi connectivity index (χ1n) is 9.66. The third-order valence-electron chi connectivity index (χ3n) is 5.02. The molecule has 0 unspecified atom stereocenters. The Kier molecular flexibility index (Phi) is 7.13. The number of aryl methyl sites for hydroxylation is 1. The molecule has 2 aromatic rings. The van der Waals surface area contributed by atoms with Crippen molar-refractivity contribution >= 4 is 23.2 Å². The van der Waals surface area contributed by atoms with E-state index in [1.807, 2.05) is 24.3 Å². The zero-order chi connectivity index (χ0) is 19.1. The van der Waals surface area contributed by atoms with Crippen LogP contribution in [0.1, 0.15) is 17.5 Å². The van der Waals surface area contributed by atoms with Gasteiger partial charge in [-0.3, -0.25) is 9.69 Å². The molecule has 1 fully saturated rings. The summed E-state index contributed by atoms with van der Waals surface area (Å²) >= 11 is 6.11. The highest BCUT2D eigenvalue weighted by atomic mass is 35.5. The average molecular weight is 386 g/mol. The molecule has 0 bridgehead atoms. The minimum absolute atomic E-state index is 0.0346. The molecular weight excluding hydrogens is 358 g/mol. The molecule has 1 heterocycles. The molecule has 1 aliphatic heterocycles. The molecule has 0 aromatic heterocycles.